The maximum Gasteiger partial charge on any atom is 0.327 e. The highest BCUT2D eigenvalue weighted by Crippen LogP contribution is 2.21. The fraction of sp³-hybridized carbons (Fsp3) is 0.818. The van der Waals surface area contributed by atoms with E-state index in [1.165, 1.54) is 16.7 Å². The van der Waals surface area contributed by atoms with E-state index in [-0.39, 0.29) is 12.1 Å². The monoisotopic (exact) mass is 274 g/mol. The molecule has 2 saturated heterocycles. The van der Waals surface area contributed by atoms with E-state index in [0.29, 0.717) is 18.2 Å². The summed E-state index contributed by atoms with van der Waals surface area (Å²) in [4.78, 5) is 24.2. The Hall–Kier alpha value is -0.950. The third kappa shape index (κ3) is 3.29. The van der Waals surface area contributed by atoms with Crippen LogP contribution in [0.25, 0.3) is 0 Å². The van der Waals surface area contributed by atoms with Gasteiger partial charge in [0.15, 0.2) is 0 Å². The summed E-state index contributed by atoms with van der Waals surface area (Å²) in [6.07, 6.45) is 3.17. The van der Waals surface area contributed by atoms with Gasteiger partial charge in [-0.3, -0.25) is 0 Å². The van der Waals surface area contributed by atoms with Crippen LogP contribution in [0.3, 0.4) is 0 Å². The van der Waals surface area contributed by atoms with Gasteiger partial charge >= 0.3 is 12.0 Å². The summed E-state index contributed by atoms with van der Waals surface area (Å²) in [7, 11) is 0. The zero-order chi connectivity index (χ0) is 13.0. The number of carboxylic acid groups (broad SMARTS) is 1. The van der Waals surface area contributed by atoms with Crippen molar-refractivity contribution in [2.24, 2.45) is 0 Å². The average molecular weight is 274 g/mol. The second kappa shape index (κ2) is 6.29. The van der Waals surface area contributed by atoms with E-state index < -0.39 is 12.0 Å². The van der Waals surface area contributed by atoms with Crippen molar-refractivity contribution in [1.29, 1.82) is 0 Å². The van der Waals surface area contributed by atoms with Gasteiger partial charge in [-0.05, 0) is 19.3 Å². The van der Waals surface area contributed by atoms with Crippen LogP contribution in [-0.4, -0.2) is 58.9 Å². The number of hydrogen-bond acceptors (Lipinski definition) is 4. The number of hydrogen-bond donors (Lipinski definition) is 2. The van der Waals surface area contributed by atoms with Gasteiger partial charge in [0.05, 0.1) is 12.0 Å². The molecule has 2 unspecified atom stereocenters. The molecule has 2 fully saturated rings. The third-order valence-corrected chi connectivity index (χ3v) is 4.21. The number of carbonyl (C=O) groups excluding carboxylic acids is 1. The van der Waals surface area contributed by atoms with E-state index in [2.05, 4.69) is 5.32 Å². The lowest BCUT2D eigenvalue weighted by Crippen LogP contribution is -2.47. The molecule has 2 aliphatic rings. The Balaban J connectivity index is 1.71. The fourth-order valence-corrected chi connectivity index (χ4v) is 3.31. The molecule has 18 heavy (non-hydrogen) atoms. The highest BCUT2D eigenvalue weighted by molar-refractivity contribution is 7.99. The smallest absolute Gasteiger partial charge is 0.327 e. The summed E-state index contributed by atoms with van der Waals surface area (Å²) in [5.41, 5.74) is 0. The second-order valence-electron chi connectivity index (χ2n) is 4.48. The van der Waals surface area contributed by atoms with Gasteiger partial charge in [-0.1, -0.05) is 0 Å². The molecule has 0 aromatic heterocycles. The first-order valence-electron chi connectivity index (χ1n) is 6.15. The Morgan fingerprint density at radius 2 is 2.33 bits per heavy atom. The van der Waals surface area contributed by atoms with Gasteiger partial charge in [-0.2, -0.15) is 0 Å². The van der Waals surface area contributed by atoms with E-state index in [9.17, 15) is 9.59 Å². The zero-order valence-corrected chi connectivity index (χ0v) is 10.9. The third-order valence-electron chi connectivity index (χ3n) is 3.19. The highest BCUT2D eigenvalue weighted by atomic mass is 32.2. The first-order chi connectivity index (χ1) is 8.68. The zero-order valence-electron chi connectivity index (χ0n) is 10.1. The van der Waals surface area contributed by atoms with Crippen LogP contribution in [0, 0.1) is 0 Å². The molecule has 2 amide bonds. The second-order valence-corrected chi connectivity index (χ2v) is 5.48. The molecule has 2 rings (SSSR count). The molecule has 2 N–H and O–H groups in total. The molecule has 102 valence electrons. The predicted octanol–water partition coefficient (Wildman–Crippen LogP) is 0.725. The van der Waals surface area contributed by atoms with Gasteiger partial charge < -0.3 is 20.1 Å². The number of nitrogens with one attached hydrogen (secondary N) is 1. The van der Waals surface area contributed by atoms with Gasteiger partial charge in [-0.15, -0.1) is 11.8 Å². The molecule has 0 aromatic rings. The number of thioether (sulfide) groups is 1. The van der Waals surface area contributed by atoms with Gasteiger partial charge in [0.25, 0.3) is 0 Å². The van der Waals surface area contributed by atoms with E-state index in [1.54, 1.807) is 0 Å². The lowest BCUT2D eigenvalue weighted by molar-refractivity contribution is -0.140. The van der Waals surface area contributed by atoms with E-state index >= 15 is 0 Å². The number of aliphatic carboxylic acids is 1. The minimum Gasteiger partial charge on any atom is -0.480 e. The molecule has 2 atom stereocenters. The molecule has 0 aliphatic carbocycles. The van der Waals surface area contributed by atoms with Crippen molar-refractivity contribution in [3.63, 3.8) is 0 Å². The SMILES string of the molecule is O=C(O)C1CSCN1C(=O)NCCC1CCCO1. The standard InChI is InChI=1S/C11H18N2O4S/c14-10(15)9-6-18-7-13(9)11(16)12-4-3-8-2-1-5-17-8/h8-9H,1-7H2,(H,12,16)(H,14,15). The van der Waals surface area contributed by atoms with Crippen molar-refractivity contribution >= 4 is 23.8 Å². The first-order valence-corrected chi connectivity index (χ1v) is 7.30. The van der Waals surface area contributed by atoms with Gasteiger partial charge in [0, 0.05) is 18.9 Å². The Bertz CT molecular complexity index is 320. The van der Waals surface area contributed by atoms with Crippen LogP contribution in [0.5, 0.6) is 0 Å². The summed E-state index contributed by atoms with van der Waals surface area (Å²) >= 11 is 1.47. The number of urea groups is 1. The topological polar surface area (TPSA) is 78.9 Å². The van der Waals surface area contributed by atoms with Crippen LogP contribution >= 0.6 is 11.8 Å². The molecular formula is C11H18N2O4S. The molecule has 6 nitrogen and oxygen atoms in total. The van der Waals surface area contributed by atoms with Crippen LogP contribution < -0.4 is 5.32 Å². The predicted molar refractivity (Wildman–Crippen MR) is 67.6 cm³/mol. The molecule has 7 heteroatoms. The minimum absolute atomic E-state index is 0.244. The van der Waals surface area contributed by atoms with Crippen molar-refractivity contribution in [2.45, 2.75) is 31.4 Å². The number of amides is 2. The first kappa shape index (κ1) is 13.5. The van der Waals surface area contributed by atoms with Gasteiger partial charge in [0.1, 0.15) is 6.04 Å². The largest absolute Gasteiger partial charge is 0.480 e. The molecule has 0 aromatic carbocycles. The Morgan fingerprint density at radius 1 is 1.50 bits per heavy atom. The molecule has 0 bridgehead atoms. The minimum atomic E-state index is -0.936. The lowest BCUT2D eigenvalue weighted by atomic mass is 10.2. The number of nitrogens with zero attached hydrogens (tertiary/aromatic N) is 1. The fourth-order valence-electron chi connectivity index (χ4n) is 2.16. The average Bonchev–Trinajstić information content (AvgIpc) is 2.99. The summed E-state index contributed by atoms with van der Waals surface area (Å²) in [6, 6.07) is -0.983. The lowest BCUT2D eigenvalue weighted by Gasteiger charge is -2.21. The summed E-state index contributed by atoms with van der Waals surface area (Å²) < 4.78 is 5.46. The number of carboxylic acids is 1. The van der Waals surface area contributed by atoms with Crippen LogP contribution in [0.4, 0.5) is 4.79 Å². The number of ether oxygens (including phenoxy) is 1. The summed E-state index contributed by atoms with van der Waals surface area (Å²) in [6.45, 7) is 1.35. The van der Waals surface area contributed by atoms with Crippen LogP contribution in [0.1, 0.15) is 19.3 Å². The summed E-state index contributed by atoms with van der Waals surface area (Å²) in [5, 5.41) is 11.7. The van der Waals surface area contributed by atoms with Crippen LogP contribution in [0.2, 0.25) is 0 Å². The highest BCUT2D eigenvalue weighted by Gasteiger charge is 2.34. The van der Waals surface area contributed by atoms with Crippen molar-refractivity contribution in [3.8, 4) is 0 Å². The maximum absolute atomic E-state index is 11.8. The van der Waals surface area contributed by atoms with Crippen molar-refractivity contribution in [1.82, 2.24) is 10.2 Å². The summed E-state index contributed by atoms with van der Waals surface area (Å²) in [5.74, 6) is -0.0219. The Labute approximate surface area is 110 Å². The van der Waals surface area contributed by atoms with Crippen molar-refractivity contribution in [2.75, 3.05) is 24.8 Å². The quantitative estimate of drug-likeness (QED) is 0.790. The van der Waals surface area contributed by atoms with Crippen LogP contribution in [-0.2, 0) is 9.53 Å². The Kier molecular flexibility index (Phi) is 4.71. The Morgan fingerprint density at radius 3 is 3.00 bits per heavy atom. The van der Waals surface area contributed by atoms with Crippen LogP contribution in [0.15, 0.2) is 0 Å². The molecular weight excluding hydrogens is 256 g/mol. The number of carbonyl (C=O) groups is 2. The molecule has 0 saturated carbocycles. The van der Waals surface area contributed by atoms with E-state index in [4.69, 9.17) is 9.84 Å². The molecule has 2 aliphatic heterocycles. The van der Waals surface area contributed by atoms with Crippen molar-refractivity contribution in [3.05, 3.63) is 0 Å². The van der Waals surface area contributed by atoms with Crippen molar-refractivity contribution < 1.29 is 19.4 Å². The molecule has 0 radical (unpaired) electrons. The molecule has 2 heterocycles. The maximum atomic E-state index is 11.8. The van der Waals surface area contributed by atoms with E-state index in [0.717, 1.165) is 25.9 Å². The van der Waals surface area contributed by atoms with Gasteiger partial charge in [-0.25, -0.2) is 9.59 Å². The molecule has 0 spiro atoms. The number of rotatable bonds is 4. The van der Waals surface area contributed by atoms with Gasteiger partial charge in [0.2, 0.25) is 0 Å². The van der Waals surface area contributed by atoms with E-state index in [1.807, 2.05) is 0 Å². The normalized spacial score (nSPS) is 27.4.